The molecule has 0 saturated heterocycles. The Balaban J connectivity index is 4.48. The summed E-state index contributed by atoms with van der Waals surface area (Å²) in [4.78, 5) is 11.3. The van der Waals surface area contributed by atoms with Crippen molar-refractivity contribution in [2.75, 3.05) is 13.2 Å². The van der Waals surface area contributed by atoms with E-state index in [1.807, 2.05) is 0 Å². The van der Waals surface area contributed by atoms with E-state index < -0.39 is 49.5 Å². The molecule has 5 atom stereocenters. The van der Waals surface area contributed by atoms with Crippen LogP contribution >= 0.6 is 0 Å². The first kappa shape index (κ1) is 15.4. The van der Waals surface area contributed by atoms with Gasteiger partial charge in [0.15, 0.2) is 5.78 Å². The minimum atomic E-state index is -2.09. The van der Waals surface area contributed by atoms with Gasteiger partial charge >= 0.3 is 0 Å². The predicted molar refractivity (Wildman–Crippen MR) is 51.2 cm³/mol. The monoisotopic (exact) mass is 239 g/mol. The number of aliphatic hydroxyl groups excluding tert-OH is 6. The Labute approximate surface area is 91.6 Å². The summed E-state index contributed by atoms with van der Waals surface area (Å²) in [6, 6.07) is -1.29. The van der Waals surface area contributed by atoms with Gasteiger partial charge in [-0.25, -0.2) is 0 Å². The number of aliphatic hydroxyl groups is 6. The van der Waals surface area contributed by atoms with Crippen molar-refractivity contribution >= 4 is 5.78 Å². The first-order valence-corrected chi connectivity index (χ1v) is 4.60. The maximum Gasteiger partial charge on any atom is 0.194 e. The van der Waals surface area contributed by atoms with Gasteiger partial charge < -0.3 is 36.4 Å². The van der Waals surface area contributed by atoms with Crippen molar-refractivity contribution in [2.24, 2.45) is 5.73 Å². The Morgan fingerprint density at radius 2 is 1.50 bits per heavy atom. The molecule has 0 aliphatic carbocycles. The van der Waals surface area contributed by atoms with Crippen LogP contribution in [0.1, 0.15) is 0 Å². The molecular formula is C8H17NO7. The molecule has 0 rings (SSSR count). The van der Waals surface area contributed by atoms with Crippen LogP contribution in [0.15, 0.2) is 0 Å². The average molecular weight is 239 g/mol. The number of carbonyl (C=O) groups excluding carboxylic acids is 1. The summed E-state index contributed by atoms with van der Waals surface area (Å²) in [7, 11) is 0. The van der Waals surface area contributed by atoms with Crippen molar-refractivity contribution in [1.29, 1.82) is 0 Å². The van der Waals surface area contributed by atoms with Crippen molar-refractivity contribution < 1.29 is 35.4 Å². The van der Waals surface area contributed by atoms with E-state index in [1.165, 1.54) is 0 Å². The minimum absolute atomic E-state index is 0.682. The lowest BCUT2D eigenvalue weighted by Crippen LogP contribution is -2.52. The molecule has 8 N–H and O–H groups in total. The molecule has 0 aliphatic heterocycles. The molecule has 0 aromatic heterocycles. The summed E-state index contributed by atoms with van der Waals surface area (Å²) in [5, 5.41) is 53.6. The summed E-state index contributed by atoms with van der Waals surface area (Å²) in [5.41, 5.74) is 5.14. The molecule has 0 fully saturated rings. The third-order valence-electron chi connectivity index (χ3n) is 2.10. The summed E-state index contributed by atoms with van der Waals surface area (Å²) in [5.74, 6) is -1.23. The molecule has 0 unspecified atom stereocenters. The maximum absolute atomic E-state index is 11.3. The molecule has 0 aromatic rings. The van der Waals surface area contributed by atoms with Crippen LogP contribution in [0, 0.1) is 0 Å². The van der Waals surface area contributed by atoms with Crippen molar-refractivity contribution in [3.05, 3.63) is 0 Å². The smallest absolute Gasteiger partial charge is 0.194 e. The van der Waals surface area contributed by atoms with Crippen LogP contribution in [0.4, 0.5) is 0 Å². The second kappa shape index (κ2) is 6.86. The molecule has 8 heteroatoms. The zero-order chi connectivity index (χ0) is 12.9. The predicted octanol–water partition coefficient (Wildman–Crippen LogP) is -4.69. The second-order valence-electron chi connectivity index (χ2n) is 3.38. The Kier molecular flexibility index (Phi) is 6.60. The standard InChI is InChI=1S/C8H17NO7/c9-3(1-10)5(13)7(15)8(16)6(14)4(12)2-11/h3-6,8,10-14,16H,1-2,9H2/t3-,4-,5+,6-,8-/m0/s1. The van der Waals surface area contributed by atoms with E-state index in [1.54, 1.807) is 0 Å². The minimum Gasteiger partial charge on any atom is -0.395 e. The largest absolute Gasteiger partial charge is 0.395 e. The molecule has 0 spiro atoms. The molecule has 0 radical (unpaired) electrons. The van der Waals surface area contributed by atoms with Crippen LogP contribution in [0.25, 0.3) is 0 Å². The van der Waals surface area contributed by atoms with Crippen LogP contribution in [0.3, 0.4) is 0 Å². The van der Waals surface area contributed by atoms with Crippen LogP contribution in [0.2, 0.25) is 0 Å². The number of hydrogen-bond acceptors (Lipinski definition) is 8. The van der Waals surface area contributed by atoms with Crippen LogP contribution in [0.5, 0.6) is 0 Å². The highest BCUT2D eigenvalue weighted by Crippen LogP contribution is 2.05. The van der Waals surface area contributed by atoms with Crippen molar-refractivity contribution in [1.82, 2.24) is 0 Å². The topological polar surface area (TPSA) is 164 Å². The number of hydrogen-bond donors (Lipinski definition) is 7. The lowest BCUT2D eigenvalue weighted by Gasteiger charge is -2.24. The summed E-state index contributed by atoms with van der Waals surface area (Å²) < 4.78 is 0. The first-order valence-electron chi connectivity index (χ1n) is 4.60. The van der Waals surface area contributed by atoms with Crippen molar-refractivity contribution in [3.8, 4) is 0 Å². The number of Topliss-reactive ketones (excluding diaryl/α,β-unsaturated/α-hetero) is 1. The number of ketones is 1. The molecule has 0 heterocycles. The Hall–Kier alpha value is -0.610. The summed E-state index contributed by atoms with van der Waals surface area (Å²) >= 11 is 0. The highest BCUT2D eigenvalue weighted by Gasteiger charge is 2.35. The van der Waals surface area contributed by atoms with Crippen LogP contribution in [-0.4, -0.2) is 80.1 Å². The number of nitrogens with two attached hydrogens (primary N) is 1. The fourth-order valence-electron chi connectivity index (χ4n) is 0.973. The summed E-state index contributed by atoms with van der Waals surface area (Å²) in [6.45, 7) is -1.54. The van der Waals surface area contributed by atoms with Crippen LogP contribution in [-0.2, 0) is 4.79 Å². The first-order chi connectivity index (χ1) is 7.36. The van der Waals surface area contributed by atoms with E-state index in [-0.39, 0.29) is 0 Å². The van der Waals surface area contributed by atoms with Gasteiger partial charge in [-0.3, -0.25) is 4.79 Å². The third-order valence-corrected chi connectivity index (χ3v) is 2.10. The quantitative estimate of drug-likeness (QED) is 0.233. The molecule has 0 saturated carbocycles. The van der Waals surface area contributed by atoms with Gasteiger partial charge in [0.25, 0.3) is 0 Å². The van der Waals surface area contributed by atoms with E-state index in [9.17, 15) is 15.0 Å². The Morgan fingerprint density at radius 3 is 1.88 bits per heavy atom. The highest BCUT2D eigenvalue weighted by molar-refractivity contribution is 5.88. The lowest BCUT2D eigenvalue weighted by molar-refractivity contribution is -0.149. The third kappa shape index (κ3) is 3.76. The van der Waals surface area contributed by atoms with Gasteiger partial charge in [-0.15, -0.1) is 0 Å². The van der Waals surface area contributed by atoms with Gasteiger partial charge in [0.2, 0.25) is 0 Å². The summed E-state index contributed by atoms with van der Waals surface area (Å²) in [6.07, 6.45) is -7.59. The van der Waals surface area contributed by atoms with E-state index in [4.69, 9.17) is 26.2 Å². The van der Waals surface area contributed by atoms with Crippen molar-refractivity contribution in [3.63, 3.8) is 0 Å². The lowest BCUT2D eigenvalue weighted by atomic mass is 9.98. The van der Waals surface area contributed by atoms with Crippen molar-refractivity contribution in [2.45, 2.75) is 30.5 Å². The van der Waals surface area contributed by atoms with E-state index in [0.717, 1.165) is 0 Å². The fraction of sp³-hybridized carbons (Fsp3) is 0.875. The normalized spacial score (nSPS) is 20.9. The van der Waals surface area contributed by atoms with E-state index in [2.05, 4.69) is 0 Å². The molecule has 0 amide bonds. The molecule has 0 aromatic carbocycles. The average Bonchev–Trinajstić information content (AvgIpc) is 2.32. The molecule has 0 aliphatic rings. The molecular weight excluding hydrogens is 222 g/mol. The Morgan fingerprint density at radius 1 is 1.00 bits per heavy atom. The zero-order valence-electron chi connectivity index (χ0n) is 8.47. The van der Waals surface area contributed by atoms with Gasteiger partial charge in [-0.2, -0.15) is 0 Å². The van der Waals surface area contributed by atoms with E-state index in [0.29, 0.717) is 0 Å². The fourth-order valence-corrected chi connectivity index (χ4v) is 0.973. The number of rotatable bonds is 7. The SMILES string of the molecule is N[C@@H](CO)[C@@H](O)C(=O)[C@@H](O)[C@@H](O)[C@@H](O)CO. The maximum atomic E-state index is 11.3. The molecule has 96 valence electrons. The molecule has 16 heavy (non-hydrogen) atoms. The highest BCUT2D eigenvalue weighted by atomic mass is 16.4. The van der Waals surface area contributed by atoms with Gasteiger partial charge in [0.05, 0.1) is 19.3 Å². The molecule has 8 nitrogen and oxygen atoms in total. The van der Waals surface area contributed by atoms with E-state index >= 15 is 0 Å². The van der Waals surface area contributed by atoms with Gasteiger partial charge in [0.1, 0.15) is 24.4 Å². The zero-order valence-corrected chi connectivity index (χ0v) is 8.47. The van der Waals surface area contributed by atoms with Crippen LogP contribution < -0.4 is 5.73 Å². The molecule has 0 bridgehead atoms. The number of carbonyl (C=O) groups is 1. The van der Waals surface area contributed by atoms with Gasteiger partial charge in [-0.05, 0) is 0 Å². The second-order valence-corrected chi connectivity index (χ2v) is 3.38. The van der Waals surface area contributed by atoms with Gasteiger partial charge in [0, 0.05) is 0 Å². The Bertz CT molecular complexity index is 224. The van der Waals surface area contributed by atoms with Gasteiger partial charge in [-0.1, -0.05) is 0 Å².